The van der Waals surface area contributed by atoms with Crippen molar-refractivity contribution in [3.8, 4) is 0 Å². The lowest BCUT2D eigenvalue weighted by Gasteiger charge is -2.27. The van der Waals surface area contributed by atoms with Crippen LogP contribution in [0.5, 0.6) is 0 Å². The van der Waals surface area contributed by atoms with Crippen LogP contribution < -0.4 is 0 Å². The van der Waals surface area contributed by atoms with E-state index < -0.39 is 12.0 Å². The van der Waals surface area contributed by atoms with Gasteiger partial charge in [0.25, 0.3) is 0 Å². The van der Waals surface area contributed by atoms with Crippen molar-refractivity contribution in [1.29, 1.82) is 0 Å². The molecule has 1 N–H and O–H groups in total. The number of nitrogens with zero attached hydrogens (tertiary/aromatic N) is 5. The molecule has 0 radical (unpaired) electrons. The summed E-state index contributed by atoms with van der Waals surface area (Å²) in [4.78, 5) is 13.2. The quantitative estimate of drug-likeness (QED) is 0.879. The zero-order chi connectivity index (χ0) is 16.4. The van der Waals surface area contributed by atoms with E-state index >= 15 is 0 Å². The lowest BCUT2D eigenvalue weighted by molar-refractivity contribution is -0.144. The van der Waals surface area contributed by atoms with Gasteiger partial charge in [0.2, 0.25) is 0 Å². The predicted molar refractivity (Wildman–Crippen MR) is 82.3 cm³/mol. The van der Waals surface area contributed by atoms with Gasteiger partial charge in [0.1, 0.15) is 6.04 Å². The summed E-state index contributed by atoms with van der Waals surface area (Å²) in [6, 6.07) is 3.33. The first-order valence-corrected chi connectivity index (χ1v) is 7.27. The van der Waals surface area contributed by atoms with Crippen LogP contribution in [0.1, 0.15) is 29.7 Å². The Balaban J connectivity index is 2.24. The molecule has 0 saturated heterocycles. The summed E-state index contributed by atoms with van der Waals surface area (Å²) < 4.78 is 3.64. The molecule has 0 aliphatic carbocycles. The zero-order valence-corrected chi connectivity index (χ0v) is 13.7. The van der Waals surface area contributed by atoms with E-state index in [1.807, 2.05) is 54.1 Å². The van der Waals surface area contributed by atoms with E-state index in [2.05, 4.69) is 10.2 Å². The lowest BCUT2D eigenvalue weighted by Crippen LogP contribution is -2.42. The molecule has 0 fully saturated rings. The second kappa shape index (κ2) is 6.31. The normalized spacial score (nSPS) is 12.8. The second-order valence-electron chi connectivity index (χ2n) is 5.74. The highest BCUT2D eigenvalue weighted by atomic mass is 16.4. The maximum absolute atomic E-state index is 11.4. The molecule has 22 heavy (non-hydrogen) atoms. The molecule has 2 heterocycles. The molecule has 0 aromatic carbocycles. The van der Waals surface area contributed by atoms with Gasteiger partial charge in [0, 0.05) is 11.4 Å². The van der Waals surface area contributed by atoms with Gasteiger partial charge in [-0.1, -0.05) is 0 Å². The summed E-state index contributed by atoms with van der Waals surface area (Å²) in [5.41, 5.74) is 3.86. The molecule has 0 aliphatic heterocycles. The number of aromatic nitrogens is 4. The van der Waals surface area contributed by atoms with Crippen LogP contribution in [0, 0.1) is 27.7 Å². The highest BCUT2D eigenvalue weighted by Gasteiger charge is 2.23. The number of aliphatic carboxylic acids is 1. The molecule has 0 aliphatic rings. The summed E-state index contributed by atoms with van der Waals surface area (Å²) in [5, 5.41) is 18.2. The number of rotatable bonds is 6. The molecule has 1 unspecified atom stereocenters. The van der Waals surface area contributed by atoms with Crippen LogP contribution in [0.4, 0.5) is 0 Å². The van der Waals surface area contributed by atoms with Crippen LogP contribution in [0.15, 0.2) is 12.1 Å². The number of hydrogen-bond donors (Lipinski definition) is 1. The molecule has 120 valence electrons. The zero-order valence-electron chi connectivity index (χ0n) is 13.7. The van der Waals surface area contributed by atoms with Crippen molar-refractivity contribution in [2.24, 2.45) is 0 Å². The van der Waals surface area contributed by atoms with E-state index in [-0.39, 0.29) is 0 Å². The molecular formula is C15H23N5O2. The minimum Gasteiger partial charge on any atom is -0.480 e. The molecule has 0 bridgehead atoms. The topological polar surface area (TPSA) is 76.2 Å². The van der Waals surface area contributed by atoms with Crippen LogP contribution in [-0.4, -0.2) is 41.6 Å². The van der Waals surface area contributed by atoms with Crippen molar-refractivity contribution in [2.45, 2.75) is 54.0 Å². The van der Waals surface area contributed by atoms with Gasteiger partial charge in [-0.2, -0.15) is 10.2 Å². The third-order valence-corrected chi connectivity index (χ3v) is 3.74. The van der Waals surface area contributed by atoms with Gasteiger partial charge >= 0.3 is 5.97 Å². The van der Waals surface area contributed by atoms with E-state index in [0.29, 0.717) is 13.3 Å². The molecular weight excluding hydrogens is 282 g/mol. The Morgan fingerprint density at radius 2 is 1.50 bits per heavy atom. The smallest absolute Gasteiger partial charge is 0.320 e. The largest absolute Gasteiger partial charge is 0.480 e. The van der Waals surface area contributed by atoms with Crippen LogP contribution in [0.2, 0.25) is 0 Å². The number of aryl methyl sites for hydroxylation is 4. The maximum Gasteiger partial charge on any atom is 0.320 e. The molecule has 0 saturated carbocycles. The number of hydrogen-bond acceptors (Lipinski definition) is 4. The highest BCUT2D eigenvalue weighted by molar-refractivity contribution is 5.72. The molecule has 7 heteroatoms. The predicted octanol–water partition coefficient (Wildman–Crippen LogP) is 1.70. The minimum atomic E-state index is -0.858. The standard InChI is InChI=1S/C15H23N5O2/c1-10-6-12(3)19(16-10)8-18(14(5)15(21)22)9-20-13(4)7-11(2)17-20/h6-7,14H,8-9H2,1-5H3,(H,21,22). The van der Waals surface area contributed by atoms with Crippen molar-refractivity contribution in [3.63, 3.8) is 0 Å². The van der Waals surface area contributed by atoms with Crippen LogP contribution in [-0.2, 0) is 18.1 Å². The second-order valence-corrected chi connectivity index (χ2v) is 5.74. The number of carboxylic acids is 1. The van der Waals surface area contributed by atoms with Gasteiger partial charge in [-0.25, -0.2) is 0 Å². The Bertz CT molecular complexity index is 625. The SMILES string of the molecule is Cc1cc(C)n(CN(Cn2nc(C)cc2C)C(C)C(=O)O)n1. The molecule has 0 amide bonds. The third kappa shape index (κ3) is 3.54. The van der Waals surface area contributed by atoms with E-state index in [1.165, 1.54) is 0 Å². The fraction of sp³-hybridized carbons (Fsp3) is 0.533. The molecule has 2 aromatic rings. The van der Waals surface area contributed by atoms with Gasteiger partial charge in [-0.05, 0) is 46.8 Å². The first kappa shape index (κ1) is 16.2. The molecule has 2 rings (SSSR count). The minimum absolute atomic E-state index is 0.408. The third-order valence-electron chi connectivity index (χ3n) is 3.74. The van der Waals surface area contributed by atoms with Crippen molar-refractivity contribution < 1.29 is 9.90 Å². The van der Waals surface area contributed by atoms with Crippen molar-refractivity contribution >= 4 is 5.97 Å². The monoisotopic (exact) mass is 305 g/mol. The van der Waals surface area contributed by atoms with Crippen LogP contribution in [0.3, 0.4) is 0 Å². The van der Waals surface area contributed by atoms with Crippen molar-refractivity contribution in [3.05, 3.63) is 34.9 Å². The van der Waals surface area contributed by atoms with Gasteiger partial charge < -0.3 is 5.11 Å². The van der Waals surface area contributed by atoms with Crippen molar-refractivity contribution in [1.82, 2.24) is 24.5 Å². The van der Waals surface area contributed by atoms with Crippen molar-refractivity contribution in [2.75, 3.05) is 0 Å². The Labute approximate surface area is 130 Å². The fourth-order valence-electron chi connectivity index (χ4n) is 2.43. The Morgan fingerprint density at radius 1 is 1.09 bits per heavy atom. The van der Waals surface area contributed by atoms with E-state index in [0.717, 1.165) is 22.8 Å². The average molecular weight is 305 g/mol. The van der Waals surface area contributed by atoms with E-state index in [1.54, 1.807) is 6.92 Å². The first-order chi connectivity index (χ1) is 10.3. The average Bonchev–Trinajstić information content (AvgIpc) is 2.89. The van der Waals surface area contributed by atoms with E-state index in [4.69, 9.17) is 0 Å². The van der Waals surface area contributed by atoms with Gasteiger partial charge in [0.15, 0.2) is 0 Å². The fourth-order valence-corrected chi connectivity index (χ4v) is 2.43. The van der Waals surface area contributed by atoms with Crippen LogP contribution in [0.25, 0.3) is 0 Å². The highest BCUT2D eigenvalue weighted by Crippen LogP contribution is 2.10. The number of carboxylic acid groups (broad SMARTS) is 1. The molecule has 0 spiro atoms. The summed E-state index contributed by atoms with van der Waals surface area (Å²) >= 11 is 0. The number of carbonyl (C=O) groups is 1. The van der Waals surface area contributed by atoms with Gasteiger partial charge in [0.05, 0.1) is 24.7 Å². The Hall–Kier alpha value is -2.15. The van der Waals surface area contributed by atoms with Gasteiger partial charge in [-0.3, -0.25) is 19.1 Å². The Kier molecular flexibility index (Phi) is 4.65. The molecule has 7 nitrogen and oxygen atoms in total. The maximum atomic E-state index is 11.4. The van der Waals surface area contributed by atoms with Gasteiger partial charge in [-0.15, -0.1) is 0 Å². The van der Waals surface area contributed by atoms with Crippen LogP contribution >= 0.6 is 0 Å². The first-order valence-electron chi connectivity index (χ1n) is 7.27. The summed E-state index contributed by atoms with van der Waals surface area (Å²) in [5.74, 6) is -0.858. The molecule has 1 atom stereocenters. The summed E-state index contributed by atoms with van der Waals surface area (Å²) in [7, 11) is 0. The summed E-state index contributed by atoms with van der Waals surface area (Å²) in [6.45, 7) is 10.3. The van der Waals surface area contributed by atoms with E-state index in [9.17, 15) is 9.90 Å². The molecule has 2 aromatic heterocycles. The summed E-state index contributed by atoms with van der Waals surface area (Å²) in [6.07, 6.45) is 0. The lowest BCUT2D eigenvalue weighted by atomic mass is 10.3. The Morgan fingerprint density at radius 3 is 1.77 bits per heavy atom.